The van der Waals surface area contributed by atoms with Crippen molar-refractivity contribution in [1.29, 1.82) is 0 Å². The van der Waals surface area contributed by atoms with Crippen molar-refractivity contribution in [2.24, 2.45) is 10.2 Å². The molecular formula is C19H20N4O6. The minimum atomic E-state index is -0.429. The summed E-state index contributed by atoms with van der Waals surface area (Å²) in [5.41, 5.74) is 4.98. The van der Waals surface area contributed by atoms with Gasteiger partial charge in [-0.3, -0.25) is 9.59 Å². The number of aromatic hydroxyl groups is 4. The van der Waals surface area contributed by atoms with Gasteiger partial charge in [-0.1, -0.05) is 0 Å². The van der Waals surface area contributed by atoms with Gasteiger partial charge in [0.1, 0.15) is 23.0 Å². The Morgan fingerprint density at radius 1 is 0.759 bits per heavy atom. The molecule has 152 valence electrons. The van der Waals surface area contributed by atoms with Gasteiger partial charge in [0, 0.05) is 24.0 Å². The van der Waals surface area contributed by atoms with Crippen LogP contribution >= 0.6 is 0 Å². The number of nitrogens with zero attached hydrogens (tertiary/aromatic N) is 2. The summed E-state index contributed by atoms with van der Waals surface area (Å²) in [6.07, 6.45) is 2.69. The monoisotopic (exact) mass is 400 g/mol. The molecule has 0 atom stereocenters. The highest BCUT2D eigenvalue weighted by molar-refractivity contribution is 5.86. The molecule has 2 aromatic carbocycles. The first kappa shape index (κ1) is 21.2. The number of carbonyl (C=O) groups excluding carboxylic acids is 2. The molecule has 0 heterocycles. The van der Waals surface area contributed by atoms with Crippen LogP contribution in [0.4, 0.5) is 0 Å². The van der Waals surface area contributed by atoms with Gasteiger partial charge in [-0.05, 0) is 42.8 Å². The van der Waals surface area contributed by atoms with Gasteiger partial charge in [0.2, 0.25) is 11.8 Å². The van der Waals surface area contributed by atoms with Gasteiger partial charge in [0.25, 0.3) is 0 Å². The highest BCUT2D eigenvalue weighted by atomic mass is 16.3. The second-order valence-electron chi connectivity index (χ2n) is 5.93. The predicted molar refractivity (Wildman–Crippen MR) is 105 cm³/mol. The van der Waals surface area contributed by atoms with E-state index in [0.717, 1.165) is 0 Å². The lowest BCUT2D eigenvalue weighted by Crippen LogP contribution is -2.20. The molecule has 0 saturated heterocycles. The van der Waals surface area contributed by atoms with Crippen molar-refractivity contribution in [2.75, 3.05) is 0 Å². The zero-order chi connectivity index (χ0) is 21.2. The van der Waals surface area contributed by atoms with E-state index in [4.69, 9.17) is 0 Å². The van der Waals surface area contributed by atoms with Crippen LogP contribution in [0.15, 0.2) is 46.6 Å². The molecule has 2 aromatic rings. The van der Waals surface area contributed by atoms with E-state index in [2.05, 4.69) is 21.1 Å². The summed E-state index contributed by atoms with van der Waals surface area (Å²) in [7, 11) is 0. The van der Waals surface area contributed by atoms with E-state index in [-0.39, 0.29) is 53.4 Å². The highest BCUT2D eigenvalue weighted by Gasteiger charge is 2.05. The summed E-state index contributed by atoms with van der Waals surface area (Å²) in [5.74, 6) is -1.16. The number of hydrogen-bond donors (Lipinski definition) is 6. The lowest BCUT2D eigenvalue weighted by molar-refractivity contribution is -0.122. The van der Waals surface area contributed by atoms with Gasteiger partial charge >= 0.3 is 0 Å². The van der Waals surface area contributed by atoms with Crippen molar-refractivity contribution in [3.63, 3.8) is 0 Å². The van der Waals surface area contributed by atoms with Crippen LogP contribution in [0, 0.1) is 0 Å². The van der Waals surface area contributed by atoms with Crippen LogP contribution in [0.2, 0.25) is 0 Å². The average Bonchev–Trinajstić information content (AvgIpc) is 2.67. The molecule has 0 fully saturated rings. The number of nitrogens with one attached hydrogen (secondary N) is 2. The number of phenols is 4. The van der Waals surface area contributed by atoms with E-state index in [1.54, 1.807) is 0 Å². The molecule has 0 saturated carbocycles. The first-order chi connectivity index (χ1) is 13.8. The van der Waals surface area contributed by atoms with Crippen LogP contribution in [0.5, 0.6) is 23.0 Å². The number of carbonyl (C=O) groups is 2. The number of rotatable bonds is 8. The average molecular weight is 400 g/mol. The van der Waals surface area contributed by atoms with Gasteiger partial charge < -0.3 is 20.4 Å². The fourth-order valence-corrected chi connectivity index (χ4v) is 2.16. The number of benzene rings is 2. The van der Waals surface area contributed by atoms with Crippen LogP contribution in [0.25, 0.3) is 0 Å². The topological polar surface area (TPSA) is 164 Å². The predicted octanol–water partition coefficient (Wildman–Crippen LogP) is 1.28. The quantitative estimate of drug-likeness (QED) is 0.222. The zero-order valence-electron chi connectivity index (χ0n) is 15.2. The Bertz CT molecular complexity index is 867. The fraction of sp³-hybridized carbons (Fsp3) is 0.158. The molecule has 0 aliphatic heterocycles. The summed E-state index contributed by atoms with van der Waals surface area (Å²) in [6.45, 7) is 0. The lowest BCUT2D eigenvalue weighted by Gasteiger charge is -2.02. The van der Waals surface area contributed by atoms with Crippen molar-refractivity contribution in [2.45, 2.75) is 19.3 Å². The summed E-state index contributed by atoms with van der Waals surface area (Å²) in [5, 5.41) is 45.2. The SMILES string of the molecule is O=C(CCCC(=O)N/N=C/c1cc(O)ccc1O)N/N=C/c1cc(O)ccc1O. The summed E-state index contributed by atoms with van der Waals surface area (Å²) in [4.78, 5) is 23.4. The Balaban J connectivity index is 1.69. The van der Waals surface area contributed by atoms with E-state index >= 15 is 0 Å². The number of hydrazone groups is 2. The molecule has 0 spiro atoms. The summed E-state index contributed by atoms with van der Waals surface area (Å²) < 4.78 is 0. The Kier molecular flexibility index (Phi) is 7.54. The molecule has 29 heavy (non-hydrogen) atoms. The molecule has 0 unspecified atom stereocenters. The van der Waals surface area contributed by atoms with Crippen molar-refractivity contribution < 1.29 is 30.0 Å². The molecular weight excluding hydrogens is 380 g/mol. The Morgan fingerprint density at radius 2 is 1.17 bits per heavy atom. The van der Waals surface area contributed by atoms with Crippen LogP contribution < -0.4 is 10.9 Å². The molecule has 0 aromatic heterocycles. The minimum absolute atomic E-state index is 0.0356. The molecule has 10 nitrogen and oxygen atoms in total. The van der Waals surface area contributed by atoms with Gasteiger partial charge in [0.15, 0.2) is 0 Å². The molecule has 6 N–H and O–H groups in total. The van der Waals surface area contributed by atoms with E-state index in [1.807, 2.05) is 0 Å². The maximum Gasteiger partial charge on any atom is 0.240 e. The lowest BCUT2D eigenvalue weighted by atomic mass is 10.2. The van der Waals surface area contributed by atoms with Crippen molar-refractivity contribution in [3.05, 3.63) is 47.5 Å². The Labute approximate surface area is 165 Å². The van der Waals surface area contributed by atoms with Crippen LogP contribution in [0.1, 0.15) is 30.4 Å². The van der Waals surface area contributed by atoms with Gasteiger partial charge in [0.05, 0.1) is 12.4 Å². The normalized spacial score (nSPS) is 11.0. The van der Waals surface area contributed by atoms with E-state index in [9.17, 15) is 30.0 Å². The Morgan fingerprint density at radius 3 is 1.59 bits per heavy atom. The van der Waals surface area contributed by atoms with Crippen LogP contribution in [-0.4, -0.2) is 44.7 Å². The third-order valence-corrected chi connectivity index (χ3v) is 3.62. The summed E-state index contributed by atoms with van der Waals surface area (Å²) >= 11 is 0. The molecule has 0 aliphatic carbocycles. The second kappa shape index (κ2) is 10.3. The van der Waals surface area contributed by atoms with Crippen molar-refractivity contribution >= 4 is 24.2 Å². The van der Waals surface area contributed by atoms with Gasteiger partial charge in [-0.15, -0.1) is 0 Å². The van der Waals surface area contributed by atoms with Crippen molar-refractivity contribution in [1.82, 2.24) is 10.9 Å². The largest absolute Gasteiger partial charge is 0.508 e. The molecule has 2 amide bonds. The van der Waals surface area contributed by atoms with Crippen LogP contribution in [-0.2, 0) is 9.59 Å². The number of amides is 2. The molecule has 2 rings (SSSR count). The molecule has 0 bridgehead atoms. The fourth-order valence-electron chi connectivity index (χ4n) is 2.16. The summed E-state index contributed by atoms with van der Waals surface area (Å²) in [6, 6.07) is 7.78. The third kappa shape index (κ3) is 7.21. The van der Waals surface area contributed by atoms with E-state index in [1.165, 1.54) is 48.8 Å². The molecule has 10 heteroatoms. The molecule has 0 aliphatic rings. The van der Waals surface area contributed by atoms with E-state index in [0.29, 0.717) is 0 Å². The van der Waals surface area contributed by atoms with E-state index < -0.39 is 11.8 Å². The number of phenolic OH excluding ortho intramolecular Hbond substituents is 4. The van der Waals surface area contributed by atoms with Crippen molar-refractivity contribution in [3.8, 4) is 23.0 Å². The smallest absolute Gasteiger partial charge is 0.240 e. The van der Waals surface area contributed by atoms with Gasteiger partial charge in [-0.2, -0.15) is 10.2 Å². The minimum Gasteiger partial charge on any atom is -0.508 e. The number of hydrogen-bond acceptors (Lipinski definition) is 8. The standard InChI is InChI=1S/C19H20N4O6/c24-14-4-6-16(26)12(8-14)10-20-22-18(28)2-1-3-19(29)23-21-11-13-9-15(25)5-7-17(13)27/h4-11,24-27H,1-3H2,(H,22,28)(H,23,29)/b20-10+,21-11+. The maximum atomic E-state index is 11.7. The second-order valence-corrected chi connectivity index (χ2v) is 5.93. The highest BCUT2D eigenvalue weighted by Crippen LogP contribution is 2.20. The molecule has 0 radical (unpaired) electrons. The third-order valence-electron chi connectivity index (χ3n) is 3.62. The maximum absolute atomic E-state index is 11.7. The Hall–Kier alpha value is -4.08. The first-order valence-electron chi connectivity index (χ1n) is 8.53. The zero-order valence-corrected chi connectivity index (χ0v) is 15.2. The first-order valence-corrected chi connectivity index (χ1v) is 8.53. The van der Waals surface area contributed by atoms with Crippen LogP contribution in [0.3, 0.4) is 0 Å². The van der Waals surface area contributed by atoms with Gasteiger partial charge in [-0.25, -0.2) is 10.9 Å².